The maximum atomic E-state index is 4.54. The third-order valence-corrected chi connectivity index (χ3v) is 5.01. The van der Waals surface area contributed by atoms with Gasteiger partial charge in [-0.2, -0.15) is 0 Å². The monoisotopic (exact) mass is 308 g/mol. The lowest BCUT2D eigenvalue weighted by molar-refractivity contribution is 0.529. The first-order valence-electron chi connectivity index (χ1n) is 8.68. The fourth-order valence-corrected chi connectivity index (χ4v) is 3.72. The maximum Gasteiger partial charge on any atom is 0.225 e. The van der Waals surface area contributed by atoms with Gasteiger partial charge in [0.25, 0.3) is 0 Å². The molecule has 2 aliphatic rings. The van der Waals surface area contributed by atoms with Crippen LogP contribution < -0.4 is 10.2 Å². The average molecular weight is 308 g/mol. The Morgan fingerprint density at radius 2 is 1.96 bits per heavy atom. The highest BCUT2D eigenvalue weighted by Gasteiger charge is 2.21. The smallest absolute Gasteiger partial charge is 0.225 e. The minimum atomic E-state index is 0.462. The summed E-state index contributed by atoms with van der Waals surface area (Å²) in [5.74, 6) is 0.882. The van der Waals surface area contributed by atoms with E-state index in [4.69, 9.17) is 0 Å². The van der Waals surface area contributed by atoms with Crippen LogP contribution in [0.2, 0.25) is 0 Å². The summed E-state index contributed by atoms with van der Waals surface area (Å²) in [5, 5.41) is 3.67. The number of anilines is 1. The number of hydrogen-bond acceptors (Lipinski definition) is 4. The van der Waals surface area contributed by atoms with E-state index in [1.54, 1.807) is 0 Å². The van der Waals surface area contributed by atoms with Gasteiger partial charge in [-0.15, -0.1) is 0 Å². The molecule has 0 amide bonds. The molecule has 23 heavy (non-hydrogen) atoms. The van der Waals surface area contributed by atoms with Gasteiger partial charge < -0.3 is 10.2 Å². The van der Waals surface area contributed by atoms with Crippen LogP contribution >= 0.6 is 0 Å². The summed E-state index contributed by atoms with van der Waals surface area (Å²) in [6, 6.07) is 7.28. The van der Waals surface area contributed by atoms with Crippen LogP contribution in [0.15, 0.2) is 30.6 Å². The highest BCUT2D eigenvalue weighted by molar-refractivity contribution is 5.37. The number of hydrogen-bond donors (Lipinski definition) is 1. The molecule has 1 saturated heterocycles. The standard InChI is InChI=1S/C19H24N4/c1-14-4-6-17-16(10-14)5-7-18(17)20-11-15-12-21-19(22-13-15)23-8-2-3-9-23/h4,6,10,12-13,18,20H,2-3,5,7-9,11H2,1H3/t18-/m0/s1. The SMILES string of the molecule is Cc1ccc2c(c1)CC[C@@H]2NCc1cnc(N2CCCC2)nc1. The van der Waals surface area contributed by atoms with Crippen molar-refractivity contribution >= 4 is 5.95 Å². The summed E-state index contributed by atoms with van der Waals surface area (Å²) in [4.78, 5) is 11.3. The third kappa shape index (κ3) is 3.08. The van der Waals surface area contributed by atoms with Crippen LogP contribution in [0.1, 0.15) is 47.6 Å². The number of aromatic nitrogens is 2. The molecule has 1 fully saturated rings. The van der Waals surface area contributed by atoms with Crippen LogP contribution in [-0.2, 0) is 13.0 Å². The van der Waals surface area contributed by atoms with Gasteiger partial charge in [0.1, 0.15) is 0 Å². The molecule has 1 aromatic heterocycles. The molecular formula is C19H24N4. The Bertz CT molecular complexity index is 674. The number of nitrogens with one attached hydrogen (secondary N) is 1. The van der Waals surface area contributed by atoms with Gasteiger partial charge in [-0.3, -0.25) is 0 Å². The van der Waals surface area contributed by atoms with Crippen molar-refractivity contribution in [1.82, 2.24) is 15.3 Å². The first-order chi connectivity index (χ1) is 11.3. The lowest BCUT2D eigenvalue weighted by Gasteiger charge is -2.16. The highest BCUT2D eigenvalue weighted by atomic mass is 15.3. The van der Waals surface area contributed by atoms with E-state index in [1.807, 2.05) is 12.4 Å². The Morgan fingerprint density at radius 3 is 2.74 bits per heavy atom. The van der Waals surface area contributed by atoms with Gasteiger partial charge >= 0.3 is 0 Å². The lowest BCUT2D eigenvalue weighted by Crippen LogP contribution is -2.21. The molecule has 1 atom stereocenters. The van der Waals surface area contributed by atoms with Gasteiger partial charge in [-0.25, -0.2) is 9.97 Å². The molecule has 0 unspecified atom stereocenters. The van der Waals surface area contributed by atoms with Crippen molar-refractivity contribution in [3.8, 4) is 0 Å². The third-order valence-electron chi connectivity index (χ3n) is 5.01. The van der Waals surface area contributed by atoms with E-state index >= 15 is 0 Å². The van der Waals surface area contributed by atoms with Crippen LogP contribution in [0.5, 0.6) is 0 Å². The van der Waals surface area contributed by atoms with Gasteiger partial charge in [0.05, 0.1) is 0 Å². The number of benzene rings is 1. The van der Waals surface area contributed by atoms with Crippen LogP contribution in [0.3, 0.4) is 0 Å². The molecule has 1 aromatic carbocycles. The molecule has 4 heteroatoms. The van der Waals surface area contributed by atoms with E-state index in [2.05, 4.69) is 45.3 Å². The fraction of sp³-hybridized carbons (Fsp3) is 0.474. The Morgan fingerprint density at radius 1 is 1.17 bits per heavy atom. The second kappa shape index (κ2) is 6.28. The molecule has 4 nitrogen and oxygen atoms in total. The molecule has 4 rings (SSSR count). The number of fused-ring (bicyclic) bond motifs is 1. The van der Waals surface area contributed by atoms with Crippen LogP contribution in [-0.4, -0.2) is 23.1 Å². The van der Waals surface area contributed by atoms with E-state index in [9.17, 15) is 0 Å². The summed E-state index contributed by atoms with van der Waals surface area (Å²) in [5.41, 5.74) is 5.48. The summed E-state index contributed by atoms with van der Waals surface area (Å²) in [6.07, 6.45) is 8.82. The molecule has 0 spiro atoms. The van der Waals surface area contributed by atoms with Crippen molar-refractivity contribution < 1.29 is 0 Å². The minimum absolute atomic E-state index is 0.462. The molecule has 0 bridgehead atoms. The Labute approximate surface area is 138 Å². The van der Waals surface area contributed by atoms with Gasteiger partial charge in [0.2, 0.25) is 5.95 Å². The summed E-state index contributed by atoms with van der Waals surface area (Å²) >= 11 is 0. The van der Waals surface area contributed by atoms with Gasteiger partial charge in [-0.05, 0) is 43.7 Å². The van der Waals surface area contributed by atoms with Crippen molar-refractivity contribution in [2.45, 2.75) is 45.2 Å². The van der Waals surface area contributed by atoms with E-state index in [1.165, 1.54) is 42.4 Å². The molecule has 0 radical (unpaired) electrons. The zero-order chi connectivity index (χ0) is 15.6. The lowest BCUT2D eigenvalue weighted by atomic mass is 10.1. The van der Waals surface area contributed by atoms with Gasteiger partial charge in [0, 0.05) is 43.6 Å². The van der Waals surface area contributed by atoms with E-state index in [0.717, 1.165) is 31.1 Å². The van der Waals surface area contributed by atoms with Gasteiger partial charge in [0.15, 0.2) is 0 Å². The number of aryl methyl sites for hydroxylation is 2. The molecule has 0 saturated carbocycles. The molecule has 120 valence electrons. The molecule has 1 N–H and O–H groups in total. The van der Waals surface area contributed by atoms with Crippen molar-refractivity contribution in [2.75, 3.05) is 18.0 Å². The van der Waals surface area contributed by atoms with Crippen molar-refractivity contribution in [1.29, 1.82) is 0 Å². The van der Waals surface area contributed by atoms with Crippen molar-refractivity contribution in [2.24, 2.45) is 0 Å². The minimum Gasteiger partial charge on any atom is -0.341 e. The second-order valence-corrected chi connectivity index (χ2v) is 6.76. The molecular weight excluding hydrogens is 284 g/mol. The molecule has 2 heterocycles. The molecule has 1 aliphatic carbocycles. The summed E-state index contributed by atoms with van der Waals surface area (Å²) in [6.45, 7) is 5.18. The van der Waals surface area contributed by atoms with Crippen LogP contribution in [0.25, 0.3) is 0 Å². The second-order valence-electron chi connectivity index (χ2n) is 6.76. The number of rotatable bonds is 4. The van der Waals surface area contributed by atoms with E-state index in [0.29, 0.717) is 6.04 Å². The van der Waals surface area contributed by atoms with Crippen LogP contribution in [0.4, 0.5) is 5.95 Å². The molecule has 2 aromatic rings. The summed E-state index contributed by atoms with van der Waals surface area (Å²) in [7, 11) is 0. The largest absolute Gasteiger partial charge is 0.341 e. The highest BCUT2D eigenvalue weighted by Crippen LogP contribution is 2.31. The Balaban J connectivity index is 1.38. The molecule has 1 aliphatic heterocycles. The maximum absolute atomic E-state index is 4.54. The Hall–Kier alpha value is -1.94. The van der Waals surface area contributed by atoms with Crippen molar-refractivity contribution in [3.63, 3.8) is 0 Å². The zero-order valence-electron chi connectivity index (χ0n) is 13.8. The normalized spacial score (nSPS) is 20.0. The first kappa shape index (κ1) is 14.6. The summed E-state index contributed by atoms with van der Waals surface area (Å²) < 4.78 is 0. The fourth-order valence-electron chi connectivity index (χ4n) is 3.72. The van der Waals surface area contributed by atoms with E-state index < -0.39 is 0 Å². The Kier molecular flexibility index (Phi) is 4.00. The van der Waals surface area contributed by atoms with Crippen LogP contribution in [0, 0.1) is 6.92 Å². The quantitative estimate of drug-likeness (QED) is 0.942. The number of nitrogens with zero attached hydrogens (tertiary/aromatic N) is 3. The van der Waals surface area contributed by atoms with Gasteiger partial charge in [-0.1, -0.05) is 23.8 Å². The topological polar surface area (TPSA) is 41.1 Å². The van der Waals surface area contributed by atoms with Crippen molar-refractivity contribution in [3.05, 3.63) is 52.8 Å². The predicted molar refractivity (Wildman–Crippen MR) is 92.6 cm³/mol. The van der Waals surface area contributed by atoms with E-state index in [-0.39, 0.29) is 0 Å². The predicted octanol–water partition coefficient (Wildman–Crippen LogP) is 3.16. The average Bonchev–Trinajstić information content (AvgIpc) is 3.23. The first-order valence-corrected chi connectivity index (χ1v) is 8.68. The zero-order valence-corrected chi connectivity index (χ0v) is 13.8.